The molecule has 0 saturated carbocycles. The summed E-state index contributed by atoms with van der Waals surface area (Å²) in [6, 6.07) is 7.43. The molecule has 1 aliphatic rings. The number of nitrogens with zero attached hydrogens (tertiary/aromatic N) is 1. The van der Waals surface area contributed by atoms with E-state index in [1.807, 2.05) is 18.2 Å². The zero-order valence-electron chi connectivity index (χ0n) is 11.1. The average Bonchev–Trinajstić information content (AvgIpc) is 2.47. The van der Waals surface area contributed by atoms with Crippen molar-refractivity contribution in [2.24, 2.45) is 0 Å². The van der Waals surface area contributed by atoms with Crippen molar-refractivity contribution in [3.8, 4) is 0 Å². The van der Waals surface area contributed by atoms with Crippen LogP contribution in [0.5, 0.6) is 0 Å². The van der Waals surface area contributed by atoms with Gasteiger partial charge >= 0.3 is 11.8 Å². The van der Waals surface area contributed by atoms with Gasteiger partial charge in [-0.3, -0.25) is 9.59 Å². The highest BCUT2D eigenvalue weighted by atomic mass is 35.5. The smallest absolute Gasteiger partial charge is 0.312 e. The lowest BCUT2D eigenvalue weighted by molar-refractivity contribution is -0.148. The standard InChI is InChI=1S/C14H17ClN2O3/c15-12-3-1-2-11(10-12)4-5-16-13(18)14(19)17-6-8-20-9-7-17/h1-3,10H,4-9H2,(H,16,18). The van der Waals surface area contributed by atoms with Crippen LogP contribution in [0.4, 0.5) is 0 Å². The molecule has 108 valence electrons. The number of amides is 2. The lowest BCUT2D eigenvalue weighted by Crippen LogP contribution is -2.48. The third-order valence-electron chi connectivity index (χ3n) is 3.08. The first-order valence-corrected chi connectivity index (χ1v) is 6.94. The number of nitrogens with one attached hydrogen (secondary N) is 1. The zero-order chi connectivity index (χ0) is 14.4. The fourth-order valence-corrected chi connectivity index (χ4v) is 2.21. The van der Waals surface area contributed by atoms with Gasteiger partial charge in [-0.15, -0.1) is 0 Å². The minimum atomic E-state index is -0.561. The van der Waals surface area contributed by atoms with E-state index in [0.717, 1.165) is 5.56 Å². The van der Waals surface area contributed by atoms with Gasteiger partial charge in [0.05, 0.1) is 13.2 Å². The Bertz CT molecular complexity index is 487. The number of ether oxygens (including phenoxy) is 1. The van der Waals surface area contributed by atoms with Gasteiger partial charge in [0.1, 0.15) is 0 Å². The Kier molecular flexibility index (Phi) is 5.38. The quantitative estimate of drug-likeness (QED) is 0.842. The van der Waals surface area contributed by atoms with E-state index in [2.05, 4.69) is 5.32 Å². The van der Waals surface area contributed by atoms with Crippen LogP contribution in [-0.2, 0) is 20.7 Å². The van der Waals surface area contributed by atoms with Gasteiger partial charge in [0.15, 0.2) is 0 Å². The summed E-state index contributed by atoms with van der Waals surface area (Å²) >= 11 is 5.88. The number of carbonyl (C=O) groups excluding carboxylic acids is 2. The van der Waals surface area contributed by atoms with Crippen LogP contribution in [0.2, 0.25) is 5.02 Å². The molecule has 1 N–H and O–H groups in total. The van der Waals surface area contributed by atoms with Crippen LogP contribution in [0.15, 0.2) is 24.3 Å². The van der Waals surface area contributed by atoms with Crippen molar-refractivity contribution in [2.75, 3.05) is 32.8 Å². The number of morpholine rings is 1. The Hall–Kier alpha value is -1.59. The van der Waals surface area contributed by atoms with Gasteiger partial charge in [-0.05, 0) is 24.1 Å². The maximum atomic E-state index is 11.8. The predicted molar refractivity (Wildman–Crippen MR) is 75.6 cm³/mol. The summed E-state index contributed by atoms with van der Waals surface area (Å²) in [7, 11) is 0. The minimum absolute atomic E-state index is 0.412. The first-order valence-electron chi connectivity index (χ1n) is 6.56. The molecule has 1 fully saturated rings. The second-order valence-electron chi connectivity index (χ2n) is 4.54. The average molecular weight is 297 g/mol. The normalized spacial score (nSPS) is 14.9. The van der Waals surface area contributed by atoms with Crippen LogP contribution in [0.3, 0.4) is 0 Å². The van der Waals surface area contributed by atoms with Crippen molar-refractivity contribution in [2.45, 2.75) is 6.42 Å². The van der Waals surface area contributed by atoms with Crippen LogP contribution in [0, 0.1) is 0 Å². The molecule has 1 saturated heterocycles. The van der Waals surface area contributed by atoms with Gasteiger partial charge in [-0.25, -0.2) is 0 Å². The lowest BCUT2D eigenvalue weighted by atomic mass is 10.1. The van der Waals surface area contributed by atoms with Crippen LogP contribution < -0.4 is 5.32 Å². The maximum Gasteiger partial charge on any atom is 0.312 e. The van der Waals surface area contributed by atoms with E-state index in [1.165, 1.54) is 4.90 Å². The molecule has 0 atom stereocenters. The van der Waals surface area contributed by atoms with Crippen molar-refractivity contribution >= 4 is 23.4 Å². The van der Waals surface area contributed by atoms with Crippen molar-refractivity contribution in [1.29, 1.82) is 0 Å². The topological polar surface area (TPSA) is 58.6 Å². The number of halogens is 1. The van der Waals surface area contributed by atoms with E-state index in [-0.39, 0.29) is 0 Å². The Balaban J connectivity index is 1.75. The van der Waals surface area contributed by atoms with Crippen molar-refractivity contribution in [1.82, 2.24) is 10.2 Å². The molecule has 0 aromatic heterocycles. The second-order valence-corrected chi connectivity index (χ2v) is 4.98. The SMILES string of the molecule is O=C(NCCc1cccc(Cl)c1)C(=O)N1CCOCC1. The summed E-state index contributed by atoms with van der Waals surface area (Å²) in [4.78, 5) is 25.1. The molecule has 20 heavy (non-hydrogen) atoms. The number of carbonyl (C=O) groups is 2. The maximum absolute atomic E-state index is 11.8. The molecule has 0 aliphatic carbocycles. The molecule has 0 radical (unpaired) electrons. The highest BCUT2D eigenvalue weighted by Gasteiger charge is 2.22. The van der Waals surface area contributed by atoms with E-state index >= 15 is 0 Å². The van der Waals surface area contributed by atoms with E-state index in [4.69, 9.17) is 16.3 Å². The first-order chi connectivity index (χ1) is 9.66. The van der Waals surface area contributed by atoms with Crippen LogP contribution in [0.1, 0.15) is 5.56 Å². The summed E-state index contributed by atoms with van der Waals surface area (Å²) in [5.74, 6) is -1.05. The molecule has 1 aromatic rings. The number of benzene rings is 1. The van der Waals surface area contributed by atoms with E-state index < -0.39 is 11.8 Å². The Morgan fingerprint density at radius 2 is 2.05 bits per heavy atom. The third kappa shape index (κ3) is 4.21. The summed E-state index contributed by atoms with van der Waals surface area (Å²) in [5, 5.41) is 3.30. The van der Waals surface area contributed by atoms with Gasteiger partial charge in [0.2, 0.25) is 0 Å². The zero-order valence-corrected chi connectivity index (χ0v) is 11.9. The largest absolute Gasteiger partial charge is 0.378 e. The molecule has 0 unspecified atom stereocenters. The monoisotopic (exact) mass is 296 g/mol. The third-order valence-corrected chi connectivity index (χ3v) is 3.32. The molecule has 5 nitrogen and oxygen atoms in total. The molecule has 2 amide bonds. The Morgan fingerprint density at radius 1 is 1.30 bits per heavy atom. The van der Waals surface area contributed by atoms with E-state index in [9.17, 15) is 9.59 Å². The molecular formula is C14H17ClN2O3. The predicted octanol–water partition coefficient (Wildman–Crippen LogP) is 0.857. The van der Waals surface area contributed by atoms with Gasteiger partial charge in [-0.1, -0.05) is 23.7 Å². The Labute approximate surface area is 122 Å². The fourth-order valence-electron chi connectivity index (χ4n) is 2.00. The molecule has 0 spiro atoms. The lowest BCUT2D eigenvalue weighted by Gasteiger charge is -2.26. The summed E-state index contributed by atoms with van der Waals surface area (Å²) in [6.45, 7) is 2.33. The van der Waals surface area contributed by atoms with Crippen molar-refractivity contribution in [3.05, 3.63) is 34.9 Å². The molecule has 6 heteroatoms. The summed E-state index contributed by atoms with van der Waals surface area (Å²) < 4.78 is 5.14. The van der Waals surface area contributed by atoms with Gasteiger partial charge < -0.3 is 15.0 Å². The van der Waals surface area contributed by atoms with E-state index in [0.29, 0.717) is 44.3 Å². The number of hydrogen-bond acceptors (Lipinski definition) is 3. The Morgan fingerprint density at radius 3 is 2.75 bits per heavy atom. The molecule has 2 rings (SSSR count). The summed E-state index contributed by atoms with van der Waals surface area (Å²) in [6.07, 6.45) is 0.642. The van der Waals surface area contributed by atoms with Crippen molar-refractivity contribution in [3.63, 3.8) is 0 Å². The van der Waals surface area contributed by atoms with Gasteiger partial charge in [-0.2, -0.15) is 0 Å². The molecule has 1 aromatic carbocycles. The highest BCUT2D eigenvalue weighted by molar-refractivity contribution is 6.35. The number of rotatable bonds is 3. The van der Waals surface area contributed by atoms with Crippen LogP contribution in [0.25, 0.3) is 0 Å². The minimum Gasteiger partial charge on any atom is -0.378 e. The first kappa shape index (κ1) is 14.8. The second kappa shape index (κ2) is 7.26. The molecular weight excluding hydrogens is 280 g/mol. The molecule has 1 heterocycles. The van der Waals surface area contributed by atoms with Gasteiger partial charge in [0, 0.05) is 24.7 Å². The van der Waals surface area contributed by atoms with Crippen molar-refractivity contribution < 1.29 is 14.3 Å². The molecule has 1 aliphatic heterocycles. The number of hydrogen-bond donors (Lipinski definition) is 1. The fraction of sp³-hybridized carbons (Fsp3) is 0.429. The van der Waals surface area contributed by atoms with Crippen LogP contribution >= 0.6 is 11.6 Å². The van der Waals surface area contributed by atoms with Gasteiger partial charge in [0.25, 0.3) is 0 Å². The van der Waals surface area contributed by atoms with Crippen LogP contribution in [-0.4, -0.2) is 49.6 Å². The summed E-state index contributed by atoms with van der Waals surface area (Å²) in [5.41, 5.74) is 1.02. The van der Waals surface area contributed by atoms with E-state index in [1.54, 1.807) is 6.07 Å². The highest BCUT2D eigenvalue weighted by Crippen LogP contribution is 2.10. The molecule has 0 bridgehead atoms.